The Bertz CT molecular complexity index is 367. The molecule has 0 nitrogen and oxygen atoms in total. The molecule has 0 aromatic heterocycles. The Kier molecular flexibility index (Phi) is 4.04. The van der Waals surface area contributed by atoms with Gasteiger partial charge in [-0.2, -0.15) is 0 Å². The predicted octanol–water partition coefficient (Wildman–Crippen LogP) is 4.05. The smallest absolute Gasteiger partial charge is 0.0436 e. The van der Waals surface area contributed by atoms with Gasteiger partial charge in [-0.3, -0.25) is 0 Å². The topological polar surface area (TPSA) is 0 Å². The molecule has 0 aliphatic carbocycles. The maximum Gasteiger partial charge on any atom is 0.0436 e. The Morgan fingerprint density at radius 2 is 2.07 bits per heavy atom. The minimum absolute atomic E-state index is 0.635. The van der Waals surface area contributed by atoms with E-state index in [0.717, 1.165) is 22.6 Å². The average molecular weight is 207 g/mol. The number of benzene rings is 1. The van der Waals surface area contributed by atoms with Crippen molar-refractivity contribution in [1.82, 2.24) is 0 Å². The molecule has 0 bridgehead atoms. The molecule has 0 heterocycles. The molecule has 0 fully saturated rings. The van der Waals surface area contributed by atoms with Gasteiger partial charge in [0.2, 0.25) is 0 Å². The fourth-order valence-corrected chi connectivity index (χ4v) is 1.20. The molecule has 1 aromatic carbocycles. The van der Waals surface area contributed by atoms with Crippen molar-refractivity contribution < 1.29 is 0 Å². The lowest BCUT2D eigenvalue weighted by Crippen LogP contribution is -1.83. The second kappa shape index (κ2) is 5.08. The summed E-state index contributed by atoms with van der Waals surface area (Å²) in [5.41, 5.74) is 2.13. The Labute approximate surface area is 91.3 Å². The van der Waals surface area contributed by atoms with E-state index < -0.39 is 0 Å². The SMILES string of the molecule is Cc1cc(C#CCC(C)C)ccc1Cl. The largest absolute Gasteiger partial charge is 0.0976 e. The van der Waals surface area contributed by atoms with Crippen LogP contribution in [0.3, 0.4) is 0 Å². The third-order valence-electron chi connectivity index (χ3n) is 1.90. The van der Waals surface area contributed by atoms with Gasteiger partial charge in [0.05, 0.1) is 0 Å². The van der Waals surface area contributed by atoms with Gasteiger partial charge in [0, 0.05) is 17.0 Å². The maximum atomic E-state index is 5.92. The van der Waals surface area contributed by atoms with Gasteiger partial charge in [0.15, 0.2) is 0 Å². The third-order valence-corrected chi connectivity index (χ3v) is 2.33. The van der Waals surface area contributed by atoms with Crippen LogP contribution in [0.5, 0.6) is 0 Å². The summed E-state index contributed by atoms with van der Waals surface area (Å²) in [7, 11) is 0. The van der Waals surface area contributed by atoms with Crippen LogP contribution in [0.2, 0.25) is 5.02 Å². The standard InChI is InChI=1S/C13H15Cl/c1-10(2)5-4-6-12-7-8-13(14)11(3)9-12/h7-10H,5H2,1-3H3. The van der Waals surface area contributed by atoms with E-state index >= 15 is 0 Å². The van der Waals surface area contributed by atoms with E-state index in [2.05, 4.69) is 25.7 Å². The van der Waals surface area contributed by atoms with Crippen LogP contribution in [-0.4, -0.2) is 0 Å². The zero-order chi connectivity index (χ0) is 10.6. The molecule has 0 saturated heterocycles. The second-order valence-electron chi connectivity index (χ2n) is 3.86. The Morgan fingerprint density at radius 1 is 1.36 bits per heavy atom. The van der Waals surface area contributed by atoms with Crippen molar-refractivity contribution in [2.75, 3.05) is 0 Å². The molecule has 0 spiro atoms. The van der Waals surface area contributed by atoms with Gasteiger partial charge in [0.25, 0.3) is 0 Å². The molecule has 0 aliphatic rings. The molecule has 0 amide bonds. The molecule has 0 unspecified atom stereocenters. The van der Waals surface area contributed by atoms with Crippen molar-refractivity contribution in [1.29, 1.82) is 0 Å². The summed E-state index contributed by atoms with van der Waals surface area (Å²) in [6.07, 6.45) is 0.946. The normalized spacial score (nSPS) is 9.79. The Balaban J connectivity index is 2.76. The summed E-state index contributed by atoms with van der Waals surface area (Å²) < 4.78 is 0. The molecular formula is C13H15Cl. The molecule has 0 N–H and O–H groups in total. The summed E-state index contributed by atoms with van der Waals surface area (Å²) in [6.45, 7) is 6.33. The third kappa shape index (κ3) is 3.44. The number of hydrogen-bond acceptors (Lipinski definition) is 0. The summed E-state index contributed by atoms with van der Waals surface area (Å²) in [5, 5.41) is 0.805. The molecule has 1 aromatic rings. The van der Waals surface area contributed by atoms with Crippen molar-refractivity contribution in [2.24, 2.45) is 5.92 Å². The van der Waals surface area contributed by atoms with Crippen LogP contribution >= 0.6 is 11.6 Å². The number of aryl methyl sites for hydroxylation is 1. The lowest BCUT2D eigenvalue weighted by atomic mass is 10.1. The van der Waals surface area contributed by atoms with Gasteiger partial charge in [-0.05, 0) is 36.6 Å². The molecule has 0 saturated carbocycles. The first kappa shape index (κ1) is 11.1. The van der Waals surface area contributed by atoms with Crippen LogP contribution in [0, 0.1) is 24.7 Å². The van der Waals surface area contributed by atoms with Gasteiger partial charge < -0.3 is 0 Å². The molecule has 1 heteroatoms. The summed E-state index contributed by atoms with van der Waals surface area (Å²) >= 11 is 5.92. The van der Waals surface area contributed by atoms with Crippen molar-refractivity contribution in [2.45, 2.75) is 27.2 Å². The minimum Gasteiger partial charge on any atom is -0.0976 e. The van der Waals surface area contributed by atoms with E-state index in [1.54, 1.807) is 0 Å². The fraction of sp³-hybridized carbons (Fsp3) is 0.385. The van der Waals surface area contributed by atoms with Crippen LogP contribution in [0.1, 0.15) is 31.4 Å². The summed E-state index contributed by atoms with van der Waals surface area (Å²) in [5.74, 6) is 6.93. The lowest BCUT2D eigenvalue weighted by Gasteiger charge is -1.97. The molecule has 0 atom stereocenters. The average Bonchev–Trinajstić information content (AvgIpc) is 2.10. The van der Waals surface area contributed by atoms with Crippen LogP contribution in [0.25, 0.3) is 0 Å². The van der Waals surface area contributed by atoms with Crippen LogP contribution in [0.4, 0.5) is 0 Å². The number of halogens is 1. The molecule has 0 radical (unpaired) electrons. The zero-order valence-corrected chi connectivity index (χ0v) is 9.65. The van der Waals surface area contributed by atoms with E-state index in [4.69, 9.17) is 11.6 Å². The van der Waals surface area contributed by atoms with Crippen LogP contribution < -0.4 is 0 Å². The predicted molar refractivity (Wildman–Crippen MR) is 62.5 cm³/mol. The van der Waals surface area contributed by atoms with E-state index in [9.17, 15) is 0 Å². The lowest BCUT2D eigenvalue weighted by molar-refractivity contribution is 0.676. The van der Waals surface area contributed by atoms with E-state index in [-0.39, 0.29) is 0 Å². The molecule has 1 rings (SSSR count). The Hall–Kier alpha value is -0.930. The molecule has 74 valence electrons. The maximum absolute atomic E-state index is 5.92. The van der Waals surface area contributed by atoms with E-state index in [0.29, 0.717) is 5.92 Å². The van der Waals surface area contributed by atoms with Gasteiger partial charge >= 0.3 is 0 Å². The van der Waals surface area contributed by atoms with Crippen LogP contribution in [0.15, 0.2) is 18.2 Å². The van der Waals surface area contributed by atoms with Crippen LogP contribution in [-0.2, 0) is 0 Å². The van der Waals surface area contributed by atoms with E-state index in [1.165, 1.54) is 0 Å². The quantitative estimate of drug-likeness (QED) is 0.609. The fourth-order valence-electron chi connectivity index (χ4n) is 1.08. The van der Waals surface area contributed by atoms with Gasteiger partial charge in [-0.25, -0.2) is 0 Å². The Morgan fingerprint density at radius 3 is 2.64 bits per heavy atom. The van der Waals surface area contributed by atoms with Gasteiger partial charge in [0.1, 0.15) is 0 Å². The van der Waals surface area contributed by atoms with Crippen molar-refractivity contribution in [3.8, 4) is 11.8 Å². The monoisotopic (exact) mass is 206 g/mol. The number of hydrogen-bond donors (Lipinski definition) is 0. The second-order valence-corrected chi connectivity index (χ2v) is 4.27. The summed E-state index contributed by atoms with van der Waals surface area (Å²) in [4.78, 5) is 0. The summed E-state index contributed by atoms with van der Waals surface area (Å²) in [6, 6.07) is 5.88. The molecule has 14 heavy (non-hydrogen) atoms. The minimum atomic E-state index is 0.635. The van der Waals surface area contributed by atoms with Gasteiger partial charge in [-0.1, -0.05) is 37.3 Å². The zero-order valence-electron chi connectivity index (χ0n) is 8.89. The highest BCUT2D eigenvalue weighted by atomic mass is 35.5. The van der Waals surface area contributed by atoms with Crippen molar-refractivity contribution in [3.05, 3.63) is 34.3 Å². The first-order valence-corrected chi connectivity index (χ1v) is 5.22. The van der Waals surface area contributed by atoms with Crippen molar-refractivity contribution >= 4 is 11.6 Å². The first-order valence-electron chi connectivity index (χ1n) is 4.84. The first-order chi connectivity index (χ1) is 6.59. The molecule has 0 aliphatic heterocycles. The van der Waals surface area contributed by atoms with Crippen molar-refractivity contribution in [3.63, 3.8) is 0 Å². The van der Waals surface area contributed by atoms with E-state index in [1.807, 2.05) is 25.1 Å². The highest BCUT2D eigenvalue weighted by Crippen LogP contribution is 2.15. The number of rotatable bonds is 1. The van der Waals surface area contributed by atoms with Gasteiger partial charge in [-0.15, -0.1) is 0 Å². The highest BCUT2D eigenvalue weighted by Gasteiger charge is 1.94. The molecular weight excluding hydrogens is 192 g/mol. The highest BCUT2D eigenvalue weighted by molar-refractivity contribution is 6.31.